The minimum Gasteiger partial charge on any atom is -0.494 e. The molecule has 180 valence electrons. The molecule has 1 fully saturated rings. The molecular weight excluding hydrogens is 437 g/mol. The Balaban J connectivity index is 1.65. The van der Waals surface area contributed by atoms with Crippen molar-refractivity contribution in [2.75, 3.05) is 6.61 Å². The Hall–Kier alpha value is -3.21. The molecule has 1 aliphatic rings. The number of hydrogen-bond acceptors (Lipinski definition) is 2. The fraction of sp³-hybridized carbons (Fsp3) is 0.310. The number of benzene rings is 2. The van der Waals surface area contributed by atoms with Gasteiger partial charge in [0.2, 0.25) is 0 Å². The quantitative estimate of drug-likeness (QED) is 0.198. The van der Waals surface area contributed by atoms with Gasteiger partial charge >= 0.3 is 0 Å². The predicted octanol–water partition coefficient (Wildman–Crippen LogP) is 8.53. The van der Waals surface area contributed by atoms with Gasteiger partial charge in [0, 0.05) is 11.6 Å². The van der Waals surface area contributed by atoms with Crippen LogP contribution in [0.3, 0.4) is 0 Å². The van der Waals surface area contributed by atoms with E-state index in [2.05, 4.69) is 19.7 Å². The first-order chi connectivity index (χ1) is 16.3. The molecule has 0 bridgehead atoms. The van der Waals surface area contributed by atoms with Crippen LogP contribution < -0.4 is 0 Å². The fourth-order valence-electron chi connectivity index (χ4n) is 4.24. The molecule has 0 radical (unpaired) electrons. The summed E-state index contributed by atoms with van der Waals surface area (Å²) in [5.41, 5.74) is 1.95. The number of halogens is 3. The first kappa shape index (κ1) is 25.4. The van der Waals surface area contributed by atoms with E-state index in [0.717, 1.165) is 37.3 Å². The van der Waals surface area contributed by atoms with Crippen molar-refractivity contribution >= 4 is 0 Å². The van der Waals surface area contributed by atoms with Crippen LogP contribution in [0.25, 0.3) is 11.1 Å². The molecule has 0 N–H and O–H groups in total. The van der Waals surface area contributed by atoms with Crippen LogP contribution in [0.1, 0.15) is 49.7 Å². The Morgan fingerprint density at radius 1 is 0.971 bits per heavy atom. The minimum atomic E-state index is -0.831. The molecule has 0 spiro atoms. The molecule has 0 amide bonds. The summed E-state index contributed by atoms with van der Waals surface area (Å²) in [6.45, 7) is 13.2. The van der Waals surface area contributed by atoms with Crippen molar-refractivity contribution in [2.24, 2.45) is 5.92 Å². The van der Waals surface area contributed by atoms with Crippen LogP contribution >= 0.6 is 0 Å². The summed E-state index contributed by atoms with van der Waals surface area (Å²) >= 11 is 0. The van der Waals surface area contributed by atoms with Crippen molar-refractivity contribution in [1.82, 2.24) is 0 Å². The van der Waals surface area contributed by atoms with Crippen LogP contribution in [0.2, 0.25) is 0 Å². The van der Waals surface area contributed by atoms with E-state index >= 15 is 0 Å². The lowest BCUT2D eigenvalue weighted by molar-refractivity contribution is 0.195. The monoisotopic (exact) mass is 468 g/mol. The molecule has 5 heteroatoms. The molecule has 0 heterocycles. The van der Waals surface area contributed by atoms with Gasteiger partial charge in [-0.15, -0.1) is 6.58 Å². The van der Waals surface area contributed by atoms with Crippen LogP contribution in [0.4, 0.5) is 13.2 Å². The third kappa shape index (κ3) is 6.22. The molecule has 1 saturated carbocycles. The second kappa shape index (κ2) is 11.8. The van der Waals surface area contributed by atoms with Gasteiger partial charge in [0.05, 0.1) is 6.61 Å². The average molecular weight is 469 g/mol. The number of ether oxygens (including phenoxy) is 2. The Labute approximate surface area is 200 Å². The first-order valence-corrected chi connectivity index (χ1v) is 11.5. The summed E-state index contributed by atoms with van der Waals surface area (Å²) in [5, 5.41) is 0. The summed E-state index contributed by atoms with van der Waals surface area (Å²) in [5.74, 6) is -1.74. The van der Waals surface area contributed by atoms with Gasteiger partial charge in [-0.3, -0.25) is 0 Å². The summed E-state index contributed by atoms with van der Waals surface area (Å²) in [6.07, 6.45) is 6.64. The lowest BCUT2D eigenvalue weighted by Gasteiger charge is -2.27. The summed E-state index contributed by atoms with van der Waals surface area (Å²) in [7, 11) is 0. The fourth-order valence-corrected chi connectivity index (χ4v) is 4.24. The van der Waals surface area contributed by atoms with Crippen molar-refractivity contribution in [3.63, 3.8) is 0 Å². The zero-order valence-electron chi connectivity index (χ0n) is 19.6. The Morgan fingerprint density at radius 2 is 1.65 bits per heavy atom. The molecule has 1 aliphatic carbocycles. The van der Waals surface area contributed by atoms with Gasteiger partial charge in [0.15, 0.2) is 17.5 Å². The van der Waals surface area contributed by atoms with Crippen molar-refractivity contribution < 1.29 is 22.6 Å². The molecular formula is C29H31F3O2. The van der Waals surface area contributed by atoms with E-state index in [1.807, 2.05) is 6.08 Å². The molecule has 2 aromatic carbocycles. The molecule has 34 heavy (non-hydrogen) atoms. The summed E-state index contributed by atoms with van der Waals surface area (Å²) in [6, 6.07) is 10.2. The third-order valence-electron chi connectivity index (χ3n) is 6.22. The largest absolute Gasteiger partial charge is 0.494 e. The second-order valence-corrected chi connectivity index (χ2v) is 8.48. The van der Waals surface area contributed by atoms with Crippen molar-refractivity contribution in [1.29, 1.82) is 0 Å². The van der Waals surface area contributed by atoms with Gasteiger partial charge in [0.25, 0.3) is 0 Å². The van der Waals surface area contributed by atoms with E-state index in [0.29, 0.717) is 23.7 Å². The van der Waals surface area contributed by atoms with Gasteiger partial charge in [-0.25, -0.2) is 13.2 Å². The SMILES string of the molecule is C=CC1CCC(c2ccc(-c3ccc(COC(=C)/C(F)=C\C(=C)OCC)cc3)c(F)c2F)CC1. The number of allylic oxidation sites excluding steroid dienone is 3. The van der Waals surface area contributed by atoms with E-state index in [1.54, 1.807) is 43.3 Å². The zero-order chi connectivity index (χ0) is 24.7. The van der Waals surface area contributed by atoms with Gasteiger partial charge in [-0.05, 0) is 61.1 Å². The summed E-state index contributed by atoms with van der Waals surface area (Å²) in [4.78, 5) is 0. The highest BCUT2D eigenvalue weighted by Gasteiger charge is 2.25. The van der Waals surface area contributed by atoms with Crippen LogP contribution in [-0.2, 0) is 16.1 Å². The van der Waals surface area contributed by atoms with Gasteiger partial charge < -0.3 is 9.47 Å². The predicted molar refractivity (Wildman–Crippen MR) is 131 cm³/mol. The van der Waals surface area contributed by atoms with Crippen LogP contribution in [0.15, 0.2) is 85.6 Å². The first-order valence-electron chi connectivity index (χ1n) is 11.5. The highest BCUT2D eigenvalue weighted by Crippen LogP contribution is 2.39. The molecule has 3 rings (SSSR count). The van der Waals surface area contributed by atoms with Crippen molar-refractivity contribution in [3.05, 3.63) is 108 Å². The standard InChI is InChI=1S/C29H31F3O2/c1-5-21-7-11-23(12-8-21)25-15-16-26(29(32)28(25)31)24-13-9-22(10-14-24)18-34-20(4)27(30)17-19(3)33-6-2/h5,9-10,13-17,21,23H,1,3-4,6-8,11-12,18H2,2H3/b27-17+. The summed E-state index contributed by atoms with van der Waals surface area (Å²) < 4.78 is 54.4. The minimum absolute atomic E-state index is 0.0347. The smallest absolute Gasteiger partial charge is 0.168 e. The number of hydrogen-bond donors (Lipinski definition) is 0. The molecule has 0 unspecified atom stereocenters. The maximum Gasteiger partial charge on any atom is 0.168 e. The molecule has 0 atom stereocenters. The lowest BCUT2D eigenvalue weighted by Crippen LogP contribution is -2.13. The van der Waals surface area contributed by atoms with E-state index in [-0.39, 0.29) is 29.6 Å². The highest BCUT2D eigenvalue weighted by atomic mass is 19.2. The van der Waals surface area contributed by atoms with Crippen molar-refractivity contribution in [3.8, 4) is 11.1 Å². The number of rotatable bonds is 10. The Morgan fingerprint density at radius 3 is 2.26 bits per heavy atom. The maximum atomic E-state index is 15.0. The van der Waals surface area contributed by atoms with E-state index < -0.39 is 17.5 Å². The molecule has 0 saturated heterocycles. The second-order valence-electron chi connectivity index (χ2n) is 8.48. The maximum absolute atomic E-state index is 15.0. The lowest BCUT2D eigenvalue weighted by atomic mass is 9.78. The third-order valence-corrected chi connectivity index (χ3v) is 6.22. The van der Waals surface area contributed by atoms with Gasteiger partial charge in [0.1, 0.15) is 18.1 Å². The van der Waals surface area contributed by atoms with E-state index in [4.69, 9.17) is 9.47 Å². The molecule has 2 aromatic rings. The topological polar surface area (TPSA) is 18.5 Å². The molecule has 0 aromatic heterocycles. The van der Waals surface area contributed by atoms with E-state index in [9.17, 15) is 13.2 Å². The van der Waals surface area contributed by atoms with Crippen LogP contribution in [-0.4, -0.2) is 6.61 Å². The molecule has 2 nitrogen and oxygen atoms in total. The van der Waals surface area contributed by atoms with Gasteiger partial charge in [-0.2, -0.15) is 0 Å². The Bertz CT molecular complexity index is 1060. The molecule has 0 aliphatic heterocycles. The van der Waals surface area contributed by atoms with E-state index in [1.165, 1.54) is 0 Å². The zero-order valence-corrected chi connectivity index (χ0v) is 19.6. The highest BCUT2D eigenvalue weighted by molar-refractivity contribution is 5.65. The Kier molecular flexibility index (Phi) is 8.80. The average Bonchev–Trinajstić information content (AvgIpc) is 2.85. The normalized spacial score (nSPS) is 18.3. The van der Waals surface area contributed by atoms with Gasteiger partial charge in [-0.1, -0.05) is 55.6 Å². The van der Waals surface area contributed by atoms with Crippen LogP contribution in [0, 0.1) is 17.6 Å². The van der Waals surface area contributed by atoms with Crippen molar-refractivity contribution in [2.45, 2.75) is 45.1 Å². The van der Waals surface area contributed by atoms with Crippen LogP contribution in [0.5, 0.6) is 0 Å².